The fourth-order valence-electron chi connectivity index (χ4n) is 6.08. The van der Waals surface area contributed by atoms with E-state index in [4.69, 9.17) is 0 Å². The Hall–Kier alpha value is -1.59. The van der Waals surface area contributed by atoms with Crippen molar-refractivity contribution in [2.24, 2.45) is 16.8 Å². The molecule has 3 unspecified atom stereocenters. The number of likely N-dealkylation sites (tertiary alicyclic amines) is 3. The van der Waals surface area contributed by atoms with Crippen LogP contribution >= 0.6 is 0 Å². The molecule has 0 spiro atoms. The minimum atomic E-state index is 0.732. The Morgan fingerprint density at radius 1 is 1.00 bits per heavy atom. The zero-order valence-electron chi connectivity index (χ0n) is 18.7. The molecule has 0 aromatic heterocycles. The lowest BCUT2D eigenvalue weighted by molar-refractivity contribution is 0.0372. The number of guanidine groups is 1. The molecule has 4 fully saturated rings. The minimum Gasteiger partial charge on any atom is -0.356 e. The van der Waals surface area contributed by atoms with E-state index in [9.17, 15) is 0 Å². The van der Waals surface area contributed by atoms with Gasteiger partial charge < -0.3 is 15.1 Å². The number of nitrogens with one attached hydrogen (secondary N) is 1. The van der Waals surface area contributed by atoms with Crippen LogP contribution < -0.4 is 5.32 Å². The number of benzene rings is 1. The minimum absolute atomic E-state index is 0.732. The first-order valence-electron chi connectivity index (χ1n) is 12.3. The Kier molecular flexibility index (Phi) is 6.28. The van der Waals surface area contributed by atoms with Gasteiger partial charge in [-0.2, -0.15) is 0 Å². The molecule has 164 valence electrons. The van der Waals surface area contributed by atoms with Gasteiger partial charge in [0, 0.05) is 51.9 Å². The van der Waals surface area contributed by atoms with E-state index in [-0.39, 0.29) is 0 Å². The predicted molar refractivity (Wildman–Crippen MR) is 124 cm³/mol. The predicted octanol–water partition coefficient (Wildman–Crippen LogP) is 3.03. The van der Waals surface area contributed by atoms with Gasteiger partial charge in [-0.15, -0.1) is 0 Å². The number of nitrogens with zero attached hydrogens (tertiary/aromatic N) is 4. The van der Waals surface area contributed by atoms with Crippen molar-refractivity contribution in [3.05, 3.63) is 35.9 Å². The highest BCUT2D eigenvalue weighted by Crippen LogP contribution is 2.33. The van der Waals surface area contributed by atoms with E-state index in [0.717, 1.165) is 56.1 Å². The second kappa shape index (κ2) is 9.27. The molecule has 1 saturated carbocycles. The lowest BCUT2D eigenvalue weighted by Crippen LogP contribution is -2.57. The number of piperidine rings is 2. The van der Waals surface area contributed by atoms with E-state index in [1.807, 2.05) is 7.05 Å². The molecule has 0 radical (unpaired) electrons. The van der Waals surface area contributed by atoms with Crippen LogP contribution in [0, 0.1) is 11.8 Å². The number of rotatable bonds is 5. The van der Waals surface area contributed by atoms with Crippen molar-refractivity contribution in [3.8, 4) is 0 Å². The average molecular weight is 410 g/mol. The van der Waals surface area contributed by atoms with Gasteiger partial charge in [0.1, 0.15) is 0 Å². The molecule has 0 bridgehead atoms. The third kappa shape index (κ3) is 4.67. The van der Waals surface area contributed by atoms with Crippen molar-refractivity contribution >= 4 is 5.96 Å². The Morgan fingerprint density at radius 3 is 2.67 bits per heavy atom. The molecular weight excluding hydrogens is 370 g/mol. The molecule has 5 rings (SSSR count). The summed E-state index contributed by atoms with van der Waals surface area (Å²) in [5.41, 5.74) is 1.45. The smallest absolute Gasteiger partial charge is 0.193 e. The van der Waals surface area contributed by atoms with Crippen molar-refractivity contribution in [3.63, 3.8) is 0 Å². The van der Waals surface area contributed by atoms with Gasteiger partial charge in [0.25, 0.3) is 0 Å². The van der Waals surface area contributed by atoms with Crippen molar-refractivity contribution < 1.29 is 0 Å². The van der Waals surface area contributed by atoms with Crippen LogP contribution in [0.1, 0.15) is 44.1 Å². The first-order chi connectivity index (χ1) is 14.8. The molecule has 1 aromatic rings. The lowest BCUT2D eigenvalue weighted by atomic mass is 9.83. The second-order valence-corrected chi connectivity index (χ2v) is 9.97. The third-order valence-electron chi connectivity index (χ3n) is 7.85. The summed E-state index contributed by atoms with van der Waals surface area (Å²) in [5, 5.41) is 3.74. The van der Waals surface area contributed by atoms with E-state index in [0.29, 0.717) is 0 Å². The van der Waals surface area contributed by atoms with E-state index in [2.05, 4.69) is 55.3 Å². The largest absolute Gasteiger partial charge is 0.356 e. The second-order valence-electron chi connectivity index (χ2n) is 9.97. The van der Waals surface area contributed by atoms with Crippen LogP contribution in [0.4, 0.5) is 0 Å². The molecule has 1 N–H and O–H groups in total. The van der Waals surface area contributed by atoms with Crippen LogP contribution in [0.2, 0.25) is 0 Å². The van der Waals surface area contributed by atoms with Crippen LogP contribution in [0.5, 0.6) is 0 Å². The maximum absolute atomic E-state index is 4.67. The Morgan fingerprint density at radius 2 is 1.87 bits per heavy atom. The van der Waals surface area contributed by atoms with Crippen LogP contribution in [-0.2, 0) is 6.54 Å². The molecule has 5 heteroatoms. The zero-order valence-corrected chi connectivity index (χ0v) is 18.7. The molecule has 3 atom stereocenters. The highest BCUT2D eigenvalue weighted by molar-refractivity contribution is 5.80. The molecule has 3 aliphatic heterocycles. The molecule has 30 heavy (non-hydrogen) atoms. The maximum atomic E-state index is 4.67. The van der Waals surface area contributed by atoms with Gasteiger partial charge in [0.2, 0.25) is 0 Å². The van der Waals surface area contributed by atoms with E-state index in [1.165, 1.54) is 63.7 Å². The summed E-state index contributed by atoms with van der Waals surface area (Å²) in [6, 6.07) is 12.7. The number of hydrogen-bond acceptors (Lipinski definition) is 3. The maximum Gasteiger partial charge on any atom is 0.193 e. The Labute approximate surface area is 182 Å². The summed E-state index contributed by atoms with van der Waals surface area (Å²) in [6.07, 6.45) is 8.16. The lowest BCUT2D eigenvalue weighted by Gasteiger charge is -2.48. The molecule has 3 saturated heterocycles. The summed E-state index contributed by atoms with van der Waals surface area (Å²) >= 11 is 0. The fourth-order valence-corrected chi connectivity index (χ4v) is 6.08. The summed E-state index contributed by atoms with van der Waals surface area (Å²) in [7, 11) is 1.96. The van der Waals surface area contributed by atoms with E-state index < -0.39 is 0 Å². The SMILES string of the molecule is CN=C(NCC1CCN(C2CC2)C1)N1CCC2C(CCCN2Cc2ccccc2)C1. The summed E-state index contributed by atoms with van der Waals surface area (Å²) < 4.78 is 0. The van der Waals surface area contributed by atoms with Crippen LogP contribution in [0.25, 0.3) is 0 Å². The Balaban J connectivity index is 1.13. The quantitative estimate of drug-likeness (QED) is 0.599. The van der Waals surface area contributed by atoms with Gasteiger partial charge in [-0.1, -0.05) is 30.3 Å². The standard InChI is InChI=1S/C25H39N5/c1-26-25(27-16-21-11-14-28(18-21)23-9-10-23)30-15-12-24-22(19-30)8-5-13-29(24)17-20-6-3-2-4-7-20/h2-4,6-7,21-24H,5,8-19H2,1H3,(H,26,27). The highest BCUT2D eigenvalue weighted by Gasteiger charge is 2.37. The van der Waals surface area contributed by atoms with Crippen molar-refractivity contribution in [1.29, 1.82) is 0 Å². The van der Waals surface area contributed by atoms with Gasteiger partial charge in [-0.25, -0.2) is 0 Å². The summed E-state index contributed by atoms with van der Waals surface area (Å²) in [4.78, 5) is 12.7. The van der Waals surface area contributed by atoms with Gasteiger partial charge in [0.15, 0.2) is 5.96 Å². The van der Waals surface area contributed by atoms with Crippen molar-refractivity contribution in [2.45, 2.75) is 57.2 Å². The number of aliphatic imine (C=N–C) groups is 1. The van der Waals surface area contributed by atoms with Gasteiger partial charge in [-0.3, -0.25) is 9.89 Å². The van der Waals surface area contributed by atoms with Gasteiger partial charge in [0.05, 0.1) is 0 Å². The molecule has 0 amide bonds. The molecule has 1 aliphatic carbocycles. The molecule has 5 nitrogen and oxygen atoms in total. The Bertz CT molecular complexity index is 716. The molecule has 4 aliphatic rings. The summed E-state index contributed by atoms with van der Waals surface area (Å²) in [6.45, 7) is 8.32. The number of hydrogen-bond donors (Lipinski definition) is 1. The first kappa shape index (κ1) is 20.3. The summed E-state index contributed by atoms with van der Waals surface area (Å²) in [5.74, 6) is 2.70. The van der Waals surface area contributed by atoms with Crippen LogP contribution in [0.15, 0.2) is 35.3 Å². The van der Waals surface area contributed by atoms with E-state index in [1.54, 1.807) is 0 Å². The average Bonchev–Trinajstić information content (AvgIpc) is 3.53. The van der Waals surface area contributed by atoms with E-state index >= 15 is 0 Å². The normalized spacial score (nSPS) is 31.0. The monoisotopic (exact) mass is 409 g/mol. The third-order valence-corrected chi connectivity index (χ3v) is 7.85. The van der Waals surface area contributed by atoms with Crippen molar-refractivity contribution in [2.75, 3.05) is 46.3 Å². The first-order valence-corrected chi connectivity index (χ1v) is 12.3. The van der Waals surface area contributed by atoms with Gasteiger partial charge in [-0.05, 0) is 69.0 Å². The highest BCUT2D eigenvalue weighted by atomic mass is 15.3. The zero-order chi connectivity index (χ0) is 20.3. The number of fused-ring (bicyclic) bond motifs is 1. The van der Waals surface area contributed by atoms with Crippen LogP contribution in [-0.4, -0.2) is 79.1 Å². The van der Waals surface area contributed by atoms with Crippen LogP contribution in [0.3, 0.4) is 0 Å². The topological polar surface area (TPSA) is 34.1 Å². The fraction of sp³-hybridized carbons (Fsp3) is 0.720. The van der Waals surface area contributed by atoms with Gasteiger partial charge >= 0.3 is 0 Å². The molecular formula is C25H39N5. The molecule has 3 heterocycles. The van der Waals surface area contributed by atoms with Crippen molar-refractivity contribution in [1.82, 2.24) is 20.0 Å². The molecule has 1 aromatic carbocycles.